The van der Waals surface area contributed by atoms with Crippen molar-refractivity contribution in [3.8, 4) is 0 Å². The number of rotatable bonds is 0. The first-order valence-electron chi connectivity index (χ1n) is 3.12. The van der Waals surface area contributed by atoms with Gasteiger partial charge >= 0.3 is 0 Å². The van der Waals surface area contributed by atoms with Gasteiger partial charge < -0.3 is 0 Å². The lowest BCUT2D eigenvalue weighted by Crippen LogP contribution is -2.10. The summed E-state index contributed by atoms with van der Waals surface area (Å²) in [6, 6.07) is 0. The Kier molecular flexibility index (Phi) is 1.92. The maximum absolute atomic E-state index is 11.1. The second-order valence-corrected chi connectivity index (χ2v) is 6.49. The van der Waals surface area contributed by atoms with E-state index in [0.717, 1.165) is 10.8 Å². The van der Waals surface area contributed by atoms with Gasteiger partial charge in [-0.2, -0.15) is 0 Å². The molecule has 1 rings (SSSR count). The van der Waals surface area contributed by atoms with E-state index in [0.29, 0.717) is 0 Å². The van der Waals surface area contributed by atoms with Crippen LogP contribution in [-0.2, 0) is 19.7 Å². The highest BCUT2D eigenvalue weighted by atomic mass is 32.2. The van der Waals surface area contributed by atoms with Gasteiger partial charge in [0, 0.05) is 10.8 Å². The summed E-state index contributed by atoms with van der Waals surface area (Å²) < 4.78 is 44.3. The molecule has 0 radical (unpaired) electrons. The molecule has 0 aromatic heterocycles. The number of allylic oxidation sites excluding steroid dienone is 2. The van der Waals surface area contributed by atoms with E-state index < -0.39 is 19.7 Å². The van der Waals surface area contributed by atoms with Crippen molar-refractivity contribution in [3.05, 3.63) is 20.6 Å². The van der Waals surface area contributed by atoms with Gasteiger partial charge in [0.2, 0.25) is 0 Å². The maximum Gasteiger partial charge on any atom is 0.197 e. The van der Waals surface area contributed by atoms with Crippen LogP contribution in [0.2, 0.25) is 0 Å². The number of hydrogen-bond acceptors (Lipinski definition) is 4. The lowest BCUT2D eigenvalue weighted by molar-refractivity contribution is 0.602. The summed E-state index contributed by atoms with van der Waals surface area (Å²) in [4.78, 5) is -0.263. The van der Waals surface area contributed by atoms with Crippen molar-refractivity contribution in [2.24, 2.45) is 0 Å². The fourth-order valence-electron chi connectivity index (χ4n) is 0.757. The molecule has 0 saturated heterocycles. The molecule has 0 amide bonds. The molecule has 0 unspecified atom stereocenters. The molecule has 1 heterocycles. The Balaban J connectivity index is 3.53. The topological polar surface area (TPSA) is 68.3 Å². The Bertz CT molecular complexity index is 416. The molecule has 0 aliphatic carbocycles. The van der Waals surface area contributed by atoms with Gasteiger partial charge in [0.15, 0.2) is 19.7 Å². The minimum absolute atomic E-state index is 0.131. The summed E-state index contributed by atoms with van der Waals surface area (Å²) in [6.07, 6.45) is 0. The molecule has 0 aromatic rings. The Labute approximate surface area is 71.4 Å². The maximum atomic E-state index is 11.1. The average Bonchev–Trinajstić information content (AvgIpc) is 1.82. The predicted octanol–water partition coefficient (Wildman–Crippen LogP) is 0.552. The number of sulfone groups is 2. The molecule has 1 aliphatic rings. The van der Waals surface area contributed by atoms with Gasteiger partial charge in [-0.3, -0.25) is 0 Å². The third kappa shape index (κ3) is 1.44. The predicted molar refractivity (Wildman–Crippen MR) is 45.4 cm³/mol. The fraction of sp³-hybridized carbons (Fsp3) is 0.333. The van der Waals surface area contributed by atoms with Crippen LogP contribution >= 0.6 is 0 Å². The van der Waals surface area contributed by atoms with Gasteiger partial charge in [-0.1, -0.05) is 0 Å². The van der Waals surface area contributed by atoms with Crippen LogP contribution in [0.4, 0.5) is 0 Å². The molecular weight excluding hydrogens is 200 g/mol. The van der Waals surface area contributed by atoms with Crippen molar-refractivity contribution in [3.63, 3.8) is 0 Å². The van der Waals surface area contributed by atoms with Crippen LogP contribution in [0.3, 0.4) is 0 Å². The van der Waals surface area contributed by atoms with Gasteiger partial charge in [0.05, 0.1) is 9.81 Å². The molecule has 4 nitrogen and oxygen atoms in total. The van der Waals surface area contributed by atoms with Gasteiger partial charge in [-0.05, 0) is 13.8 Å². The standard InChI is InChI=1S/C6H8O4S2/c1-5-3-12(9,10)6(2)4-11(5,7)8/h3-4H,1-2H3. The third-order valence-corrected chi connectivity index (χ3v) is 5.20. The van der Waals surface area contributed by atoms with Crippen LogP contribution in [-0.4, -0.2) is 16.8 Å². The normalized spacial score (nSPS) is 25.8. The fourth-order valence-corrected chi connectivity index (χ4v) is 3.84. The second-order valence-electron chi connectivity index (χ2n) is 2.55. The third-order valence-electron chi connectivity index (χ3n) is 1.54. The quantitative estimate of drug-likeness (QED) is 0.583. The first-order chi connectivity index (χ1) is 5.26. The van der Waals surface area contributed by atoms with E-state index in [9.17, 15) is 16.8 Å². The summed E-state index contributed by atoms with van der Waals surface area (Å²) in [5.41, 5.74) is 0. The molecule has 0 fully saturated rings. The van der Waals surface area contributed by atoms with Gasteiger partial charge in [-0.15, -0.1) is 0 Å². The first-order valence-corrected chi connectivity index (χ1v) is 6.22. The lowest BCUT2D eigenvalue weighted by Gasteiger charge is -2.07. The first kappa shape index (κ1) is 9.47. The second kappa shape index (κ2) is 2.43. The largest absolute Gasteiger partial charge is 0.219 e. The Morgan fingerprint density at radius 1 is 0.833 bits per heavy atom. The van der Waals surface area contributed by atoms with Crippen molar-refractivity contribution in [2.75, 3.05) is 0 Å². The van der Waals surface area contributed by atoms with E-state index in [1.165, 1.54) is 13.8 Å². The molecule has 0 atom stereocenters. The zero-order chi connectivity index (χ0) is 9.57. The monoisotopic (exact) mass is 208 g/mol. The smallest absolute Gasteiger partial charge is 0.197 e. The van der Waals surface area contributed by atoms with Crippen LogP contribution in [0.1, 0.15) is 13.8 Å². The molecule has 0 bridgehead atoms. The zero-order valence-corrected chi connectivity index (χ0v) is 8.24. The molecule has 0 N–H and O–H groups in total. The van der Waals surface area contributed by atoms with Crippen LogP contribution in [0.5, 0.6) is 0 Å². The SMILES string of the molecule is CC1=CS(=O)(=O)C(C)=CS1(=O)=O. The van der Waals surface area contributed by atoms with Crippen LogP contribution in [0.15, 0.2) is 20.6 Å². The zero-order valence-electron chi connectivity index (χ0n) is 6.60. The summed E-state index contributed by atoms with van der Waals surface area (Å²) in [5, 5.41) is 1.55. The van der Waals surface area contributed by atoms with Crippen molar-refractivity contribution >= 4 is 19.7 Å². The van der Waals surface area contributed by atoms with Crippen molar-refractivity contribution in [1.29, 1.82) is 0 Å². The minimum Gasteiger partial charge on any atom is -0.219 e. The molecule has 12 heavy (non-hydrogen) atoms. The molecule has 0 aromatic carbocycles. The molecule has 68 valence electrons. The molecule has 1 aliphatic heterocycles. The Morgan fingerprint density at radius 2 is 1.08 bits per heavy atom. The average molecular weight is 208 g/mol. The molecule has 6 heteroatoms. The van der Waals surface area contributed by atoms with E-state index in [1.807, 2.05) is 0 Å². The van der Waals surface area contributed by atoms with Crippen LogP contribution in [0, 0.1) is 0 Å². The van der Waals surface area contributed by atoms with E-state index in [1.54, 1.807) is 0 Å². The molecule has 0 spiro atoms. The van der Waals surface area contributed by atoms with Gasteiger partial charge in [-0.25, -0.2) is 16.8 Å². The molecular formula is C6H8O4S2. The summed E-state index contributed by atoms with van der Waals surface area (Å²) in [6.45, 7) is 2.52. The Hall–Kier alpha value is -0.620. The van der Waals surface area contributed by atoms with Crippen molar-refractivity contribution < 1.29 is 16.8 Å². The van der Waals surface area contributed by atoms with Crippen LogP contribution < -0.4 is 0 Å². The van der Waals surface area contributed by atoms with E-state index >= 15 is 0 Å². The highest BCUT2D eigenvalue weighted by Crippen LogP contribution is 2.23. The van der Waals surface area contributed by atoms with Crippen LogP contribution in [0.25, 0.3) is 0 Å². The van der Waals surface area contributed by atoms with Crippen molar-refractivity contribution in [1.82, 2.24) is 0 Å². The van der Waals surface area contributed by atoms with Gasteiger partial charge in [0.1, 0.15) is 0 Å². The van der Waals surface area contributed by atoms with E-state index in [-0.39, 0.29) is 9.81 Å². The highest BCUT2D eigenvalue weighted by molar-refractivity contribution is 8.04. The van der Waals surface area contributed by atoms with E-state index in [4.69, 9.17) is 0 Å². The van der Waals surface area contributed by atoms with Crippen molar-refractivity contribution in [2.45, 2.75) is 13.8 Å². The summed E-state index contributed by atoms with van der Waals surface area (Å²) in [5.74, 6) is 0. The summed E-state index contributed by atoms with van der Waals surface area (Å²) in [7, 11) is -6.92. The number of hydrogen-bond donors (Lipinski definition) is 0. The van der Waals surface area contributed by atoms with E-state index in [2.05, 4.69) is 0 Å². The highest BCUT2D eigenvalue weighted by Gasteiger charge is 2.24. The molecule has 0 saturated carbocycles. The minimum atomic E-state index is -3.46. The summed E-state index contributed by atoms with van der Waals surface area (Å²) >= 11 is 0. The Morgan fingerprint density at radius 3 is 1.33 bits per heavy atom. The van der Waals surface area contributed by atoms with Gasteiger partial charge in [0.25, 0.3) is 0 Å². The lowest BCUT2D eigenvalue weighted by atomic mass is 10.7.